The molecule has 0 spiro atoms. The van der Waals surface area contributed by atoms with E-state index in [2.05, 4.69) is 57.3 Å². The summed E-state index contributed by atoms with van der Waals surface area (Å²) in [6, 6.07) is 26.2. The van der Waals surface area contributed by atoms with Crippen LogP contribution in [0.4, 0.5) is 5.69 Å². The number of aromatic nitrogens is 1. The number of nitrogens with one attached hydrogen (secondary N) is 3. The van der Waals surface area contributed by atoms with Crippen molar-refractivity contribution in [2.75, 3.05) is 25.1 Å². The molecule has 0 bridgehead atoms. The van der Waals surface area contributed by atoms with E-state index in [0.29, 0.717) is 37.6 Å². The number of rotatable bonds is 11. The van der Waals surface area contributed by atoms with E-state index >= 15 is 0 Å². The van der Waals surface area contributed by atoms with E-state index < -0.39 is 6.23 Å². The Balaban J connectivity index is 1.24. The number of guanidine groups is 1. The zero-order valence-corrected chi connectivity index (χ0v) is 22.8. The fourth-order valence-corrected chi connectivity index (χ4v) is 4.68. The number of hydrogen-bond donors (Lipinski definition) is 4. The summed E-state index contributed by atoms with van der Waals surface area (Å²) < 4.78 is 6.09. The molecule has 0 fully saturated rings. The zero-order chi connectivity index (χ0) is 28.4. The number of benzene rings is 3. The average Bonchev–Trinajstić information content (AvgIpc) is 3.47. The normalized spacial score (nSPS) is 14.0. The van der Waals surface area contributed by atoms with E-state index in [0.717, 1.165) is 44.8 Å². The molecule has 1 unspecified atom stereocenters. The van der Waals surface area contributed by atoms with Gasteiger partial charge in [-0.3, -0.25) is 4.98 Å². The molecule has 1 aromatic heterocycles. The number of anilines is 1. The largest absolute Gasteiger partial charge is 0.493 e. The van der Waals surface area contributed by atoms with Gasteiger partial charge in [0.25, 0.3) is 0 Å². The van der Waals surface area contributed by atoms with Gasteiger partial charge in [-0.25, -0.2) is 0 Å². The molecule has 1 aliphatic rings. The first-order valence-corrected chi connectivity index (χ1v) is 13.5. The van der Waals surface area contributed by atoms with Gasteiger partial charge in [-0.2, -0.15) is 5.26 Å². The second-order valence-electron chi connectivity index (χ2n) is 9.60. The highest BCUT2D eigenvalue weighted by Gasteiger charge is 2.24. The van der Waals surface area contributed by atoms with Crippen LogP contribution < -0.4 is 20.7 Å². The van der Waals surface area contributed by atoms with Crippen LogP contribution in [0.3, 0.4) is 0 Å². The van der Waals surface area contributed by atoms with Crippen molar-refractivity contribution in [1.82, 2.24) is 15.6 Å². The summed E-state index contributed by atoms with van der Waals surface area (Å²) in [7, 11) is 0. The highest BCUT2D eigenvalue weighted by molar-refractivity contribution is 5.94. The van der Waals surface area contributed by atoms with Crippen molar-refractivity contribution in [1.29, 1.82) is 5.26 Å². The number of pyridine rings is 1. The molecule has 9 heteroatoms. The van der Waals surface area contributed by atoms with Crippen molar-refractivity contribution in [2.24, 2.45) is 5.16 Å². The lowest BCUT2D eigenvalue weighted by molar-refractivity contribution is 0.0725. The molecule has 0 radical (unpaired) electrons. The van der Waals surface area contributed by atoms with E-state index in [1.54, 1.807) is 12.4 Å². The van der Waals surface area contributed by atoms with E-state index in [4.69, 9.17) is 14.8 Å². The highest BCUT2D eigenvalue weighted by Crippen LogP contribution is 2.31. The molecule has 1 aliphatic heterocycles. The molecule has 9 nitrogen and oxygen atoms in total. The van der Waals surface area contributed by atoms with Crippen molar-refractivity contribution in [3.63, 3.8) is 0 Å². The Kier molecular flexibility index (Phi) is 9.06. The predicted molar refractivity (Wildman–Crippen MR) is 158 cm³/mol. The van der Waals surface area contributed by atoms with Crippen LogP contribution in [0, 0.1) is 18.3 Å². The van der Waals surface area contributed by atoms with Crippen LogP contribution in [-0.4, -0.2) is 35.8 Å². The molecule has 1 atom stereocenters. The third kappa shape index (κ3) is 7.00. The zero-order valence-electron chi connectivity index (χ0n) is 22.8. The molecule has 41 heavy (non-hydrogen) atoms. The summed E-state index contributed by atoms with van der Waals surface area (Å²) in [6.07, 6.45) is 3.49. The van der Waals surface area contributed by atoms with Gasteiger partial charge in [-0.15, -0.1) is 0 Å². The SMILES string of the molecule is Cc1c(-c2ccccc2)cccc1C1NC(Nc2ccc(OCCc3cncc(C#N)c3)c(CNCCO)c2)=NO1. The van der Waals surface area contributed by atoms with Crippen LogP contribution >= 0.6 is 0 Å². The first kappa shape index (κ1) is 27.6. The van der Waals surface area contributed by atoms with Crippen LogP contribution in [0.2, 0.25) is 0 Å². The molecular weight excluding hydrogens is 516 g/mol. The van der Waals surface area contributed by atoms with Crippen LogP contribution in [-0.2, 0) is 17.8 Å². The van der Waals surface area contributed by atoms with Crippen LogP contribution in [0.5, 0.6) is 5.75 Å². The molecular formula is C32H32N6O3. The highest BCUT2D eigenvalue weighted by atomic mass is 16.7. The standard InChI is InChI=1S/C32H32N6O3/c1-22-28(25-6-3-2-4-7-25)8-5-9-29(22)31-37-32(38-41-31)36-27-10-11-30(26(17-27)21-34-13-14-39)40-15-12-23-16-24(18-33)20-35-19-23/h2-11,16-17,19-20,31,34,39H,12-15,21H2,1H3,(H2,36,37,38). The minimum atomic E-state index is -0.413. The molecule has 5 rings (SSSR count). The summed E-state index contributed by atoms with van der Waals surface area (Å²) in [5.41, 5.74) is 7.65. The van der Waals surface area contributed by atoms with Gasteiger partial charge in [0.2, 0.25) is 12.2 Å². The first-order chi connectivity index (χ1) is 20.1. The Hall–Kier alpha value is -4.91. The van der Waals surface area contributed by atoms with E-state index in [1.807, 2.05) is 54.6 Å². The third-order valence-corrected chi connectivity index (χ3v) is 6.76. The van der Waals surface area contributed by atoms with E-state index in [9.17, 15) is 5.11 Å². The minimum absolute atomic E-state index is 0.0424. The van der Waals surface area contributed by atoms with Crippen molar-refractivity contribution in [3.05, 3.63) is 113 Å². The fraction of sp³-hybridized carbons (Fsp3) is 0.219. The van der Waals surface area contributed by atoms with Gasteiger partial charge in [0, 0.05) is 48.7 Å². The Bertz CT molecular complexity index is 1550. The van der Waals surface area contributed by atoms with Crippen molar-refractivity contribution in [3.8, 4) is 22.9 Å². The maximum atomic E-state index is 9.22. The third-order valence-electron chi connectivity index (χ3n) is 6.76. The molecule has 0 amide bonds. The van der Waals surface area contributed by atoms with Gasteiger partial charge in [0.1, 0.15) is 11.8 Å². The minimum Gasteiger partial charge on any atom is -0.493 e. The average molecular weight is 549 g/mol. The van der Waals surface area contributed by atoms with Crippen molar-refractivity contribution < 1.29 is 14.7 Å². The lowest BCUT2D eigenvalue weighted by Gasteiger charge is -2.17. The maximum absolute atomic E-state index is 9.22. The smallest absolute Gasteiger partial charge is 0.241 e. The fourth-order valence-electron chi connectivity index (χ4n) is 4.68. The summed E-state index contributed by atoms with van der Waals surface area (Å²) in [5, 5.41) is 32.4. The van der Waals surface area contributed by atoms with Crippen molar-refractivity contribution in [2.45, 2.75) is 26.1 Å². The molecule has 3 aromatic carbocycles. The Morgan fingerprint density at radius 2 is 1.95 bits per heavy atom. The van der Waals surface area contributed by atoms with Crippen LogP contribution in [0.1, 0.15) is 34.0 Å². The van der Waals surface area contributed by atoms with Gasteiger partial charge in [0.05, 0.1) is 18.8 Å². The molecule has 208 valence electrons. The number of ether oxygens (including phenoxy) is 1. The lowest BCUT2D eigenvalue weighted by atomic mass is 9.96. The number of aliphatic hydroxyl groups excluding tert-OH is 1. The number of nitrogens with zero attached hydrogens (tertiary/aromatic N) is 3. The number of aliphatic hydroxyl groups is 1. The Labute approximate surface area is 239 Å². The van der Waals surface area contributed by atoms with Gasteiger partial charge < -0.3 is 30.6 Å². The Morgan fingerprint density at radius 3 is 2.78 bits per heavy atom. The second-order valence-corrected chi connectivity index (χ2v) is 9.60. The van der Waals surface area contributed by atoms with E-state index in [-0.39, 0.29) is 6.61 Å². The molecule has 2 heterocycles. The summed E-state index contributed by atoms with van der Waals surface area (Å²) >= 11 is 0. The molecule has 0 saturated carbocycles. The van der Waals surface area contributed by atoms with Gasteiger partial charge in [-0.05, 0) is 58.6 Å². The van der Waals surface area contributed by atoms with Gasteiger partial charge in [0.15, 0.2) is 0 Å². The molecule has 0 aliphatic carbocycles. The van der Waals surface area contributed by atoms with E-state index in [1.165, 1.54) is 0 Å². The topological polar surface area (TPSA) is 124 Å². The molecule has 4 aromatic rings. The van der Waals surface area contributed by atoms with Crippen molar-refractivity contribution >= 4 is 11.6 Å². The summed E-state index contributed by atoms with van der Waals surface area (Å²) in [5.74, 6) is 1.24. The summed E-state index contributed by atoms with van der Waals surface area (Å²) in [4.78, 5) is 9.87. The predicted octanol–water partition coefficient (Wildman–Crippen LogP) is 4.63. The monoisotopic (exact) mass is 548 g/mol. The van der Waals surface area contributed by atoms with Gasteiger partial charge in [-0.1, -0.05) is 48.5 Å². The quantitative estimate of drug-likeness (QED) is 0.200. The summed E-state index contributed by atoms with van der Waals surface area (Å²) in [6.45, 7) is 3.55. The number of hydrogen-bond acceptors (Lipinski definition) is 9. The van der Waals surface area contributed by atoms with Crippen LogP contribution in [0.15, 0.2) is 90.3 Å². The lowest BCUT2D eigenvalue weighted by Crippen LogP contribution is -2.29. The van der Waals surface area contributed by atoms with Gasteiger partial charge >= 0.3 is 0 Å². The maximum Gasteiger partial charge on any atom is 0.241 e. The van der Waals surface area contributed by atoms with Crippen LogP contribution in [0.25, 0.3) is 11.1 Å². The molecule has 0 saturated heterocycles. The second kappa shape index (κ2) is 13.4. The Morgan fingerprint density at radius 1 is 1.07 bits per heavy atom. The first-order valence-electron chi connectivity index (χ1n) is 13.5. The number of oxime groups is 1. The molecule has 4 N–H and O–H groups in total. The number of nitriles is 1.